The molecule has 158 valence electrons. The van der Waals surface area contributed by atoms with Crippen LogP contribution < -0.4 is 5.63 Å². The zero-order valence-corrected chi connectivity index (χ0v) is 18.0. The molecule has 0 saturated heterocycles. The van der Waals surface area contributed by atoms with Crippen molar-refractivity contribution in [2.75, 3.05) is 0 Å². The van der Waals surface area contributed by atoms with E-state index in [9.17, 15) is 4.79 Å². The summed E-state index contributed by atoms with van der Waals surface area (Å²) in [5.41, 5.74) is 7.07. The van der Waals surface area contributed by atoms with Crippen molar-refractivity contribution in [3.8, 4) is 33.4 Å². The minimum absolute atomic E-state index is 0.349. The summed E-state index contributed by atoms with van der Waals surface area (Å²) < 4.78 is 12.2. The molecule has 0 radical (unpaired) electrons. The molecule has 3 heteroatoms. The number of benzene rings is 4. The Kier molecular flexibility index (Phi) is 4.48. The second-order valence-electron chi connectivity index (χ2n) is 8.14. The van der Waals surface area contributed by atoms with Gasteiger partial charge in [0.05, 0.1) is 17.4 Å². The highest BCUT2D eigenvalue weighted by Gasteiger charge is 2.22. The first-order valence-electron chi connectivity index (χ1n) is 10.9. The third kappa shape index (κ3) is 3.09. The van der Waals surface area contributed by atoms with Crippen LogP contribution in [0.3, 0.4) is 0 Å². The molecule has 0 amide bonds. The summed E-state index contributed by atoms with van der Waals surface area (Å²) in [4.78, 5) is 13.2. The van der Waals surface area contributed by atoms with Crippen LogP contribution in [0.4, 0.5) is 0 Å². The van der Waals surface area contributed by atoms with Gasteiger partial charge in [0.15, 0.2) is 0 Å². The lowest BCUT2D eigenvalue weighted by Crippen LogP contribution is -2.06. The SMILES string of the molecule is Cc1c(-c2ccccc2)c(=O)oc2c(-c3ccccc3)c3occ(-c4ccccc4)c3cc12. The predicted molar refractivity (Wildman–Crippen MR) is 133 cm³/mol. The molecule has 0 N–H and O–H groups in total. The van der Waals surface area contributed by atoms with Gasteiger partial charge in [0.1, 0.15) is 11.2 Å². The Bertz CT molecular complexity index is 1660. The van der Waals surface area contributed by atoms with Crippen LogP contribution in [0.5, 0.6) is 0 Å². The van der Waals surface area contributed by atoms with Crippen molar-refractivity contribution in [1.29, 1.82) is 0 Å². The first-order valence-corrected chi connectivity index (χ1v) is 10.9. The first kappa shape index (κ1) is 19.3. The molecule has 0 unspecified atom stereocenters. The standard InChI is InChI=1S/C30H20O3/c1-19-23-17-24-25(20-11-5-2-6-12-20)18-32-28(24)27(22-15-9-4-10-16-22)29(23)33-30(31)26(19)21-13-7-3-8-14-21/h2-18H,1H3. The Morgan fingerprint density at radius 1 is 0.606 bits per heavy atom. The molecule has 0 atom stereocenters. The molecular formula is C30H20O3. The average Bonchev–Trinajstić information content (AvgIpc) is 3.28. The van der Waals surface area contributed by atoms with Gasteiger partial charge in [-0.2, -0.15) is 0 Å². The predicted octanol–water partition coefficient (Wildman–Crippen LogP) is 7.85. The summed E-state index contributed by atoms with van der Waals surface area (Å²) >= 11 is 0. The lowest BCUT2D eigenvalue weighted by atomic mass is 9.93. The van der Waals surface area contributed by atoms with Crippen LogP contribution in [-0.2, 0) is 0 Å². The number of fused-ring (bicyclic) bond motifs is 2. The lowest BCUT2D eigenvalue weighted by molar-refractivity contribution is 0.562. The van der Waals surface area contributed by atoms with Gasteiger partial charge in [0, 0.05) is 16.3 Å². The van der Waals surface area contributed by atoms with Gasteiger partial charge in [-0.1, -0.05) is 91.0 Å². The number of hydrogen-bond acceptors (Lipinski definition) is 3. The minimum atomic E-state index is -0.349. The van der Waals surface area contributed by atoms with E-state index in [0.29, 0.717) is 16.7 Å². The Morgan fingerprint density at radius 2 is 1.15 bits per heavy atom. The van der Waals surface area contributed by atoms with Crippen molar-refractivity contribution in [2.45, 2.75) is 6.92 Å². The van der Waals surface area contributed by atoms with Crippen molar-refractivity contribution < 1.29 is 8.83 Å². The van der Waals surface area contributed by atoms with Gasteiger partial charge in [0.25, 0.3) is 0 Å². The summed E-state index contributed by atoms with van der Waals surface area (Å²) in [6.45, 7) is 1.99. The van der Waals surface area contributed by atoms with E-state index in [1.807, 2.05) is 85.8 Å². The largest absolute Gasteiger partial charge is 0.463 e. The summed E-state index contributed by atoms with van der Waals surface area (Å²) in [6.07, 6.45) is 1.79. The molecule has 4 aromatic carbocycles. The van der Waals surface area contributed by atoms with Crippen LogP contribution in [0.15, 0.2) is 117 Å². The van der Waals surface area contributed by atoms with Crippen molar-refractivity contribution in [2.24, 2.45) is 0 Å². The van der Waals surface area contributed by atoms with E-state index in [1.54, 1.807) is 6.26 Å². The molecule has 0 fully saturated rings. The quantitative estimate of drug-likeness (QED) is 0.270. The van der Waals surface area contributed by atoms with Crippen molar-refractivity contribution >= 4 is 21.9 Å². The Morgan fingerprint density at radius 3 is 1.76 bits per heavy atom. The maximum Gasteiger partial charge on any atom is 0.344 e. The third-order valence-electron chi connectivity index (χ3n) is 6.20. The van der Waals surface area contributed by atoms with Crippen LogP contribution >= 0.6 is 0 Å². The monoisotopic (exact) mass is 428 g/mol. The van der Waals surface area contributed by atoms with Crippen LogP contribution in [0.2, 0.25) is 0 Å². The third-order valence-corrected chi connectivity index (χ3v) is 6.20. The van der Waals surface area contributed by atoms with Crippen molar-refractivity contribution in [3.05, 3.63) is 119 Å². The highest BCUT2D eigenvalue weighted by atomic mass is 16.4. The maximum absolute atomic E-state index is 13.2. The highest BCUT2D eigenvalue weighted by Crippen LogP contribution is 2.42. The lowest BCUT2D eigenvalue weighted by Gasteiger charge is -2.12. The van der Waals surface area contributed by atoms with Crippen LogP contribution in [0.25, 0.3) is 55.3 Å². The molecule has 2 aromatic heterocycles. The van der Waals surface area contributed by atoms with E-state index in [0.717, 1.165) is 44.2 Å². The molecule has 0 aliphatic carbocycles. The maximum atomic E-state index is 13.2. The average molecular weight is 428 g/mol. The van der Waals surface area contributed by atoms with Crippen LogP contribution in [0, 0.1) is 6.92 Å². The second-order valence-corrected chi connectivity index (χ2v) is 8.14. The fourth-order valence-corrected chi connectivity index (χ4v) is 4.62. The van der Waals surface area contributed by atoms with Gasteiger partial charge in [-0.15, -0.1) is 0 Å². The molecule has 0 saturated carbocycles. The van der Waals surface area contributed by atoms with Crippen molar-refractivity contribution in [1.82, 2.24) is 0 Å². The smallest absolute Gasteiger partial charge is 0.344 e. The molecule has 6 rings (SSSR count). The van der Waals surface area contributed by atoms with Crippen LogP contribution in [0.1, 0.15) is 5.56 Å². The topological polar surface area (TPSA) is 43.4 Å². The number of aryl methyl sites for hydroxylation is 1. The summed E-state index contributed by atoms with van der Waals surface area (Å²) in [7, 11) is 0. The van der Waals surface area contributed by atoms with Gasteiger partial charge in [-0.25, -0.2) is 4.79 Å². The van der Waals surface area contributed by atoms with E-state index < -0.39 is 0 Å². The normalized spacial score (nSPS) is 11.3. The first-order chi connectivity index (χ1) is 16.2. The second kappa shape index (κ2) is 7.64. The van der Waals surface area contributed by atoms with E-state index in [1.165, 1.54) is 0 Å². The fourth-order valence-electron chi connectivity index (χ4n) is 4.62. The minimum Gasteiger partial charge on any atom is -0.463 e. The Labute approximate surface area is 190 Å². The zero-order valence-electron chi connectivity index (χ0n) is 18.0. The van der Waals surface area contributed by atoms with Gasteiger partial charge in [-0.05, 0) is 35.2 Å². The fraction of sp³-hybridized carbons (Fsp3) is 0.0333. The number of furan rings is 1. The molecule has 0 bridgehead atoms. The van der Waals surface area contributed by atoms with Crippen molar-refractivity contribution in [3.63, 3.8) is 0 Å². The Hall–Kier alpha value is -4.37. The van der Waals surface area contributed by atoms with Gasteiger partial charge >= 0.3 is 5.63 Å². The molecule has 0 aliphatic heterocycles. The van der Waals surface area contributed by atoms with Gasteiger partial charge in [-0.3, -0.25) is 0 Å². The zero-order chi connectivity index (χ0) is 22.4. The van der Waals surface area contributed by atoms with E-state index in [2.05, 4.69) is 18.2 Å². The summed E-state index contributed by atoms with van der Waals surface area (Å²) in [6, 6.07) is 31.9. The molecule has 33 heavy (non-hydrogen) atoms. The number of rotatable bonds is 3. The molecule has 6 aromatic rings. The van der Waals surface area contributed by atoms with Gasteiger partial charge < -0.3 is 8.83 Å². The summed E-state index contributed by atoms with van der Waals surface area (Å²) in [5, 5.41) is 1.89. The van der Waals surface area contributed by atoms with E-state index in [4.69, 9.17) is 8.83 Å². The highest BCUT2D eigenvalue weighted by molar-refractivity contribution is 6.13. The van der Waals surface area contributed by atoms with Gasteiger partial charge in [0.2, 0.25) is 0 Å². The van der Waals surface area contributed by atoms with Crippen LogP contribution in [-0.4, -0.2) is 0 Å². The number of hydrogen-bond donors (Lipinski definition) is 0. The molecule has 2 heterocycles. The summed E-state index contributed by atoms with van der Waals surface area (Å²) in [5.74, 6) is 0. The Balaban J connectivity index is 1.77. The molecule has 3 nitrogen and oxygen atoms in total. The molecular weight excluding hydrogens is 408 g/mol. The van der Waals surface area contributed by atoms with E-state index in [-0.39, 0.29) is 5.63 Å². The molecule has 0 spiro atoms. The van der Waals surface area contributed by atoms with E-state index >= 15 is 0 Å². The molecule has 0 aliphatic rings.